The molecular formula is C18H27N3O3. The first-order valence-corrected chi connectivity index (χ1v) is 8.66. The van der Waals surface area contributed by atoms with E-state index in [2.05, 4.69) is 10.6 Å². The molecular weight excluding hydrogens is 306 g/mol. The highest BCUT2D eigenvalue weighted by Gasteiger charge is 2.26. The second-order valence-electron chi connectivity index (χ2n) is 6.12. The van der Waals surface area contributed by atoms with E-state index in [9.17, 15) is 9.59 Å². The van der Waals surface area contributed by atoms with Crippen LogP contribution in [0.2, 0.25) is 0 Å². The van der Waals surface area contributed by atoms with Crippen molar-refractivity contribution in [1.29, 1.82) is 0 Å². The Morgan fingerprint density at radius 2 is 2.04 bits per heavy atom. The minimum Gasteiger partial charge on any atom is -0.462 e. The molecule has 6 nitrogen and oxygen atoms in total. The summed E-state index contributed by atoms with van der Waals surface area (Å²) in [5.41, 5.74) is 7.80. The lowest BCUT2D eigenvalue weighted by Crippen LogP contribution is -2.34. The van der Waals surface area contributed by atoms with Gasteiger partial charge in [-0.2, -0.15) is 0 Å². The first-order chi connectivity index (χ1) is 11.5. The van der Waals surface area contributed by atoms with Gasteiger partial charge in [0.1, 0.15) is 0 Å². The van der Waals surface area contributed by atoms with Crippen molar-refractivity contribution in [2.75, 3.05) is 23.8 Å². The molecule has 0 bridgehead atoms. The number of nitrogens with one attached hydrogen (secondary N) is 2. The van der Waals surface area contributed by atoms with Crippen LogP contribution in [0.5, 0.6) is 0 Å². The van der Waals surface area contributed by atoms with Crippen LogP contribution in [0.3, 0.4) is 0 Å². The van der Waals surface area contributed by atoms with E-state index in [-0.39, 0.29) is 17.9 Å². The fraction of sp³-hybridized carbons (Fsp3) is 0.556. The molecule has 6 heteroatoms. The number of rotatable bonds is 6. The Labute approximate surface area is 143 Å². The highest BCUT2D eigenvalue weighted by Crippen LogP contribution is 2.28. The molecule has 2 atom stereocenters. The maximum atomic E-state index is 12.6. The zero-order chi connectivity index (χ0) is 17.5. The molecule has 1 aromatic rings. The molecule has 2 unspecified atom stereocenters. The van der Waals surface area contributed by atoms with Crippen molar-refractivity contribution in [2.45, 2.75) is 45.6 Å². The Morgan fingerprint density at radius 3 is 2.71 bits per heavy atom. The van der Waals surface area contributed by atoms with Gasteiger partial charge in [0.05, 0.1) is 23.5 Å². The summed E-state index contributed by atoms with van der Waals surface area (Å²) in [4.78, 5) is 24.5. The van der Waals surface area contributed by atoms with E-state index in [1.54, 1.807) is 25.1 Å². The fourth-order valence-electron chi connectivity index (χ4n) is 3.03. The van der Waals surface area contributed by atoms with E-state index in [1.807, 2.05) is 6.92 Å². The van der Waals surface area contributed by atoms with Gasteiger partial charge in [0.2, 0.25) is 5.91 Å². The second-order valence-corrected chi connectivity index (χ2v) is 6.12. The standard InChI is InChI=1S/C18H27N3O3/c1-3-20-15-9-8-13(18(23)24-4-2)11-16(15)21-17(22)12-6-5-7-14(19)10-12/h8-9,11-12,14,20H,3-7,10,19H2,1-2H3,(H,21,22). The molecule has 1 aromatic carbocycles. The molecule has 0 saturated heterocycles. The van der Waals surface area contributed by atoms with Crippen LogP contribution >= 0.6 is 0 Å². The third-order valence-electron chi connectivity index (χ3n) is 4.24. The van der Waals surface area contributed by atoms with Crippen molar-refractivity contribution < 1.29 is 14.3 Å². The molecule has 1 fully saturated rings. The van der Waals surface area contributed by atoms with Crippen molar-refractivity contribution in [3.63, 3.8) is 0 Å². The molecule has 1 amide bonds. The number of hydrogen-bond donors (Lipinski definition) is 3. The van der Waals surface area contributed by atoms with E-state index >= 15 is 0 Å². The van der Waals surface area contributed by atoms with Crippen molar-refractivity contribution in [3.8, 4) is 0 Å². The number of ether oxygens (including phenoxy) is 1. The monoisotopic (exact) mass is 333 g/mol. The molecule has 1 aliphatic carbocycles. The van der Waals surface area contributed by atoms with Crippen molar-refractivity contribution >= 4 is 23.3 Å². The average molecular weight is 333 g/mol. The lowest BCUT2D eigenvalue weighted by molar-refractivity contribution is -0.120. The van der Waals surface area contributed by atoms with Crippen LogP contribution in [0.1, 0.15) is 49.9 Å². The van der Waals surface area contributed by atoms with E-state index < -0.39 is 5.97 Å². The maximum absolute atomic E-state index is 12.6. The summed E-state index contributed by atoms with van der Waals surface area (Å²) in [7, 11) is 0. The second kappa shape index (κ2) is 8.68. The summed E-state index contributed by atoms with van der Waals surface area (Å²) in [6, 6.07) is 5.24. The summed E-state index contributed by atoms with van der Waals surface area (Å²) >= 11 is 0. The van der Waals surface area contributed by atoms with Gasteiger partial charge >= 0.3 is 5.97 Å². The smallest absolute Gasteiger partial charge is 0.338 e. The van der Waals surface area contributed by atoms with E-state index in [0.717, 1.165) is 31.5 Å². The van der Waals surface area contributed by atoms with Crippen molar-refractivity contribution in [3.05, 3.63) is 23.8 Å². The van der Waals surface area contributed by atoms with Crippen LogP contribution in [-0.4, -0.2) is 31.1 Å². The first kappa shape index (κ1) is 18.3. The summed E-state index contributed by atoms with van der Waals surface area (Å²) in [6.07, 6.45) is 3.51. The molecule has 0 aromatic heterocycles. The summed E-state index contributed by atoms with van der Waals surface area (Å²) < 4.78 is 5.03. The molecule has 0 spiro atoms. The molecule has 2 rings (SSSR count). The Kier molecular flexibility index (Phi) is 6.61. The van der Waals surface area contributed by atoms with Crippen LogP contribution < -0.4 is 16.4 Å². The van der Waals surface area contributed by atoms with Gasteiger partial charge in [-0.1, -0.05) is 6.42 Å². The van der Waals surface area contributed by atoms with E-state index in [0.29, 0.717) is 24.3 Å². The Balaban J connectivity index is 2.17. The molecule has 0 aliphatic heterocycles. The van der Waals surface area contributed by atoms with Gasteiger partial charge in [-0.15, -0.1) is 0 Å². The number of anilines is 2. The third-order valence-corrected chi connectivity index (χ3v) is 4.24. The predicted octanol–water partition coefficient (Wildman–Crippen LogP) is 2.75. The highest BCUT2D eigenvalue weighted by molar-refractivity contribution is 5.98. The highest BCUT2D eigenvalue weighted by atomic mass is 16.5. The molecule has 4 N–H and O–H groups in total. The van der Waals surface area contributed by atoms with Gasteiger partial charge < -0.3 is 21.1 Å². The topological polar surface area (TPSA) is 93.5 Å². The number of hydrogen-bond acceptors (Lipinski definition) is 5. The maximum Gasteiger partial charge on any atom is 0.338 e. The van der Waals surface area contributed by atoms with Crippen LogP contribution in [0.4, 0.5) is 11.4 Å². The van der Waals surface area contributed by atoms with Gasteiger partial charge in [0.15, 0.2) is 0 Å². The molecule has 132 valence electrons. The Morgan fingerprint density at radius 1 is 1.25 bits per heavy atom. The predicted molar refractivity (Wildman–Crippen MR) is 95.1 cm³/mol. The zero-order valence-electron chi connectivity index (χ0n) is 14.4. The van der Waals surface area contributed by atoms with Crippen LogP contribution in [-0.2, 0) is 9.53 Å². The zero-order valence-corrected chi connectivity index (χ0v) is 14.4. The van der Waals surface area contributed by atoms with Crippen LogP contribution in [0.25, 0.3) is 0 Å². The third kappa shape index (κ3) is 4.71. The van der Waals surface area contributed by atoms with Gasteiger partial charge in [-0.3, -0.25) is 4.79 Å². The van der Waals surface area contributed by atoms with Gasteiger partial charge in [-0.25, -0.2) is 4.79 Å². The minimum absolute atomic E-state index is 0.0367. The molecule has 1 aliphatic rings. The minimum atomic E-state index is -0.393. The average Bonchev–Trinajstić information content (AvgIpc) is 2.56. The number of nitrogens with two attached hydrogens (primary N) is 1. The van der Waals surface area contributed by atoms with Gasteiger partial charge in [0.25, 0.3) is 0 Å². The molecule has 0 radical (unpaired) electrons. The van der Waals surface area contributed by atoms with Gasteiger partial charge in [0, 0.05) is 18.5 Å². The number of benzene rings is 1. The van der Waals surface area contributed by atoms with E-state index in [4.69, 9.17) is 10.5 Å². The van der Waals surface area contributed by atoms with Crippen molar-refractivity contribution in [2.24, 2.45) is 11.7 Å². The SMILES string of the molecule is CCNc1ccc(C(=O)OCC)cc1NC(=O)C1CCCC(N)C1. The number of amides is 1. The lowest BCUT2D eigenvalue weighted by Gasteiger charge is -2.26. The van der Waals surface area contributed by atoms with Gasteiger partial charge in [-0.05, 0) is 51.3 Å². The molecule has 0 heterocycles. The Bertz CT molecular complexity index is 589. The van der Waals surface area contributed by atoms with Crippen LogP contribution in [0.15, 0.2) is 18.2 Å². The summed E-state index contributed by atoms with van der Waals surface area (Å²) in [5.74, 6) is -0.504. The normalized spacial score (nSPS) is 20.3. The summed E-state index contributed by atoms with van der Waals surface area (Å²) in [6.45, 7) is 4.77. The lowest BCUT2D eigenvalue weighted by atomic mass is 9.85. The summed E-state index contributed by atoms with van der Waals surface area (Å²) in [5, 5.41) is 6.16. The van der Waals surface area contributed by atoms with Crippen molar-refractivity contribution in [1.82, 2.24) is 0 Å². The number of carbonyl (C=O) groups is 2. The number of carbonyl (C=O) groups excluding carboxylic acids is 2. The van der Waals surface area contributed by atoms with Crippen LogP contribution in [0, 0.1) is 5.92 Å². The molecule has 1 saturated carbocycles. The largest absolute Gasteiger partial charge is 0.462 e. The quantitative estimate of drug-likeness (QED) is 0.696. The Hall–Kier alpha value is -2.08. The first-order valence-electron chi connectivity index (χ1n) is 8.66. The van der Waals surface area contributed by atoms with E-state index in [1.165, 1.54) is 0 Å². The number of esters is 1. The molecule has 24 heavy (non-hydrogen) atoms. The fourth-order valence-corrected chi connectivity index (χ4v) is 3.03.